The van der Waals surface area contributed by atoms with E-state index >= 15 is 0 Å². The predicted octanol–water partition coefficient (Wildman–Crippen LogP) is 3.36. The van der Waals surface area contributed by atoms with Gasteiger partial charge in [0.15, 0.2) is 0 Å². The number of anilines is 1. The van der Waals surface area contributed by atoms with Crippen molar-refractivity contribution in [2.75, 3.05) is 11.9 Å². The van der Waals surface area contributed by atoms with Crippen LogP contribution in [0.25, 0.3) is 10.9 Å². The molecular formula is C23H24N4O3. The minimum Gasteiger partial charge on any atom is -0.361 e. The lowest BCUT2D eigenvalue weighted by atomic mass is 10.1. The quantitative estimate of drug-likeness (QED) is 0.527. The first-order chi connectivity index (χ1) is 14.5. The number of aryl methyl sites for hydroxylation is 1. The average Bonchev–Trinajstić information content (AvgIpc) is 3.25. The van der Waals surface area contributed by atoms with Gasteiger partial charge in [0.1, 0.15) is 6.04 Å². The third-order valence-electron chi connectivity index (χ3n) is 5.35. The van der Waals surface area contributed by atoms with Gasteiger partial charge in [-0.2, -0.15) is 0 Å². The summed E-state index contributed by atoms with van der Waals surface area (Å²) in [5, 5.41) is 6.62. The number of aromatic amines is 1. The smallest absolute Gasteiger partial charge is 0.324 e. The molecular weight excluding hydrogens is 380 g/mol. The molecule has 1 atom stereocenters. The van der Waals surface area contributed by atoms with Gasteiger partial charge in [-0.3, -0.25) is 14.5 Å². The molecule has 4 amide bonds. The minimum absolute atomic E-state index is 0.154. The highest BCUT2D eigenvalue weighted by atomic mass is 16.2. The van der Waals surface area contributed by atoms with Gasteiger partial charge in [0, 0.05) is 35.8 Å². The second-order valence-electron chi connectivity index (χ2n) is 7.56. The van der Waals surface area contributed by atoms with Crippen LogP contribution in [0.5, 0.6) is 0 Å². The van der Waals surface area contributed by atoms with E-state index in [0.29, 0.717) is 13.0 Å². The van der Waals surface area contributed by atoms with Gasteiger partial charge in [-0.05, 0) is 49.1 Å². The SMILES string of the molecule is Cc1cccc(NC(=O)CC[C@@H]2NC(=O)N(CCc3c[nH]c4ccccc34)C2=O)c1. The van der Waals surface area contributed by atoms with E-state index in [1.165, 1.54) is 4.90 Å². The molecule has 4 rings (SSSR count). The molecule has 154 valence electrons. The Balaban J connectivity index is 1.30. The molecule has 1 aliphatic rings. The summed E-state index contributed by atoms with van der Waals surface area (Å²) in [6, 6.07) is 14.4. The largest absolute Gasteiger partial charge is 0.361 e. The number of rotatable bonds is 7. The topological polar surface area (TPSA) is 94.3 Å². The van der Waals surface area contributed by atoms with E-state index in [2.05, 4.69) is 15.6 Å². The number of carbonyl (C=O) groups excluding carboxylic acids is 3. The summed E-state index contributed by atoms with van der Waals surface area (Å²) in [4.78, 5) is 41.6. The fraction of sp³-hybridized carbons (Fsp3) is 0.261. The number of hydrogen-bond acceptors (Lipinski definition) is 3. The molecule has 7 heteroatoms. The molecule has 30 heavy (non-hydrogen) atoms. The van der Waals surface area contributed by atoms with Crippen molar-refractivity contribution in [2.45, 2.75) is 32.2 Å². The van der Waals surface area contributed by atoms with E-state index in [1.807, 2.05) is 61.7 Å². The first-order valence-electron chi connectivity index (χ1n) is 10.0. The summed E-state index contributed by atoms with van der Waals surface area (Å²) >= 11 is 0. The summed E-state index contributed by atoms with van der Waals surface area (Å²) in [6.07, 6.45) is 2.91. The summed E-state index contributed by atoms with van der Waals surface area (Å²) in [7, 11) is 0. The van der Waals surface area contributed by atoms with Crippen LogP contribution in [0.3, 0.4) is 0 Å². The summed E-state index contributed by atoms with van der Waals surface area (Å²) in [5.41, 5.74) is 3.87. The van der Waals surface area contributed by atoms with Gasteiger partial charge in [-0.15, -0.1) is 0 Å². The molecule has 1 saturated heterocycles. The number of imide groups is 1. The minimum atomic E-state index is -0.663. The van der Waals surface area contributed by atoms with Gasteiger partial charge in [-0.25, -0.2) is 4.79 Å². The maximum Gasteiger partial charge on any atom is 0.324 e. The van der Waals surface area contributed by atoms with Gasteiger partial charge in [-0.1, -0.05) is 30.3 Å². The number of nitrogens with one attached hydrogen (secondary N) is 3. The molecule has 3 aromatic rings. The normalized spacial score (nSPS) is 16.2. The van der Waals surface area contributed by atoms with Gasteiger partial charge < -0.3 is 15.6 Å². The number of aromatic nitrogens is 1. The van der Waals surface area contributed by atoms with E-state index in [1.54, 1.807) is 0 Å². The second kappa shape index (κ2) is 8.41. The number of carbonyl (C=O) groups is 3. The van der Waals surface area contributed by atoms with E-state index < -0.39 is 12.1 Å². The van der Waals surface area contributed by atoms with Crippen LogP contribution in [-0.2, 0) is 16.0 Å². The van der Waals surface area contributed by atoms with Gasteiger partial charge >= 0.3 is 6.03 Å². The monoisotopic (exact) mass is 404 g/mol. The molecule has 2 heterocycles. The molecule has 0 bridgehead atoms. The Kier molecular flexibility index (Phi) is 5.52. The van der Waals surface area contributed by atoms with Crippen molar-refractivity contribution in [1.82, 2.24) is 15.2 Å². The van der Waals surface area contributed by atoms with Crippen LogP contribution in [0.4, 0.5) is 10.5 Å². The number of benzene rings is 2. The van der Waals surface area contributed by atoms with Crippen molar-refractivity contribution >= 4 is 34.4 Å². The molecule has 7 nitrogen and oxygen atoms in total. The highest BCUT2D eigenvalue weighted by molar-refractivity contribution is 6.04. The van der Waals surface area contributed by atoms with E-state index in [9.17, 15) is 14.4 Å². The van der Waals surface area contributed by atoms with Crippen molar-refractivity contribution in [3.8, 4) is 0 Å². The lowest BCUT2D eigenvalue weighted by Gasteiger charge is -2.13. The zero-order chi connectivity index (χ0) is 21.1. The molecule has 1 fully saturated rings. The molecule has 1 aliphatic heterocycles. The summed E-state index contributed by atoms with van der Waals surface area (Å²) < 4.78 is 0. The Bertz CT molecular complexity index is 1100. The van der Waals surface area contributed by atoms with E-state index in [4.69, 9.17) is 0 Å². The number of nitrogens with zero attached hydrogens (tertiary/aromatic N) is 1. The Morgan fingerprint density at radius 1 is 1.13 bits per heavy atom. The van der Waals surface area contributed by atoms with E-state index in [0.717, 1.165) is 27.7 Å². The Hall–Kier alpha value is -3.61. The van der Waals surface area contributed by atoms with Crippen LogP contribution in [0.15, 0.2) is 54.7 Å². The number of hydrogen-bond donors (Lipinski definition) is 3. The van der Waals surface area contributed by atoms with Crippen molar-refractivity contribution < 1.29 is 14.4 Å². The zero-order valence-electron chi connectivity index (χ0n) is 16.8. The summed E-state index contributed by atoms with van der Waals surface area (Å²) in [5.74, 6) is -0.455. The highest BCUT2D eigenvalue weighted by Crippen LogP contribution is 2.20. The number of para-hydroxylation sites is 1. The number of H-pyrrole nitrogens is 1. The van der Waals surface area contributed by atoms with Crippen molar-refractivity contribution in [2.24, 2.45) is 0 Å². The number of amides is 4. The highest BCUT2D eigenvalue weighted by Gasteiger charge is 2.37. The third-order valence-corrected chi connectivity index (χ3v) is 5.35. The fourth-order valence-electron chi connectivity index (χ4n) is 3.78. The van der Waals surface area contributed by atoms with E-state index in [-0.39, 0.29) is 24.7 Å². The molecule has 0 aliphatic carbocycles. The van der Waals surface area contributed by atoms with Crippen molar-refractivity contribution in [3.05, 3.63) is 65.9 Å². The second-order valence-corrected chi connectivity index (χ2v) is 7.56. The van der Waals surface area contributed by atoms with Gasteiger partial charge in [0.2, 0.25) is 5.91 Å². The Morgan fingerprint density at radius 2 is 1.97 bits per heavy atom. The number of urea groups is 1. The average molecular weight is 404 g/mol. The summed E-state index contributed by atoms with van der Waals surface area (Å²) in [6.45, 7) is 2.26. The van der Waals surface area contributed by atoms with Crippen LogP contribution in [0, 0.1) is 6.92 Å². The van der Waals surface area contributed by atoms with Crippen molar-refractivity contribution in [1.29, 1.82) is 0 Å². The van der Waals surface area contributed by atoms with Crippen LogP contribution < -0.4 is 10.6 Å². The van der Waals surface area contributed by atoms with Crippen LogP contribution >= 0.6 is 0 Å². The van der Waals surface area contributed by atoms with Crippen LogP contribution in [0.2, 0.25) is 0 Å². The molecule has 3 N–H and O–H groups in total. The maximum atomic E-state index is 12.7. The standard InChI is InChI=1S/C23H24N4O3/c1-15-5-4-6-17(13-15)25-21(28)10-9-20-22(29)27(23(30)26-20)12-11-16-14-24-19-8-3-2-7-18(16)19/h2-8,13-14,20,24H,9-12H2,1H3,(H,25,28)(H,26,30)/t20-/m0/s1. The zero-order valence-corrected chi connectivity index (χ0v) is 16.8. The molecule has 2 aromatic carbocycles. The van der Waals surface area contributed by atoms with Crippen LogP contribution in [-0.4, -0.2) is 40.3 Å². The van der Waals surface area contributed by atoms with Gasteiger partial charge in [0.25, 0.3) is 5.91 Å². The Morgan fingerprint density at radius 3 is 2.80 bits per heavy atom. The molecule has 0 saturated carbocycles. The lowest BCUT2D eigenvalue weighted by molar-refractivity contribution is -0.127. The molecule has 0 unspecified atom stereocenters. The molecule has 0 radical (unpaired) electrons. The third kappa shape index (κ3) is 4.20. The molecule has 0 spiro atoms. The Labute approximate surface area is 174 Å². The first kappa shape index (κ1) is 19.7. The first-order valence-corrected chi connectivity index (χ1v) is 10.0. The van der Waals surface area contributed by atoms with Crippen molar-refractivity contribution in [3.63, 3.8) is 0 Å². The van der Waals surface area contributed by atoms with Gasteiger partial charge in [0.05, 0.1) is 0 Å². The maximum absolute atomic E-state index is 12.7. The predicted molar refractivity (Wildman–Crippen MR) is 115 cm³/mol. The molecule has 1 aromatic heterocycles. The lowest BCUT2D eigenvalue weighted by Crippen LogP contribution is -2.33. The fourth-order valence-corrected chi connectivity index (χ4v) is 3.78. The van der Waals surface area contributed by atoms with Crippen LogP contribution in [0.1, 0.15) is 24.0 Å². The number of fused-ring (bicyclic) bond motifs is 1.